The van der Waals surface area contributed by atoms with Gasteiger partial charge in [-0.3, -0.25) is 0 Å². The highest BCUT2D eigenvalue weighted by Crippen LogP contribution is 2.14. The van der Waals surface area contributed by atoms with Crippen molar-refractivity contribution in [2.24, 2.45) is 0 Å². The van der Waals surface area contributed by atoms with Gasteiger partial charge in [-0.05, 0) is 24.6 Å². The third-order valence-corrected chi connectivity index (χ3v) is 3.59. The molecule has 3 N–H and O–H groups in total. The fourth-order valence-corrected chi connectivity index (χ4v) is 2.43. The van der Waals surface area contributed by atoms with Gasteiger partial charge in [0.05, 0.1) is 10.6 Å². The van der Waals surface area contributed by atoms with E-state index in [0.29, 0.717) is 5.69 Å². The lowest BCUT2D eigenvalue weighted by molar-refractivity contribution is 0.295. The molecule has 4 nitrogen and oxygen atoms in total. The van der Waals surface area contributed by atoms with E-state index in [1.165, 1.54) is 12.1 Å². The van der Waals surface area contributed by atoms with Crippen molar-refractivity contribution in [1.29, 1.82) is 0 Å². The van der Waals surface area contributed by atoms with Crippen LogP contribution in [0.2, 0.25) is 0 Å². The van der Waals surface area contributed by atoms with E-state index in [1.807, 2.05) is 0 Å². The second-order valence-electron chi connectivity index (χ2n) is 2.97. The number of nitrogens with two attached hydrogens (primary N) is 1. The molecule has 0 spiro atoms. The van der Waals surface area contributed by atoms with Gasteiger partial charge in [-0.1, -0.05) is 6.07 Å². The van der Waals surface area contributed by atoms with E-state index in [1.54, 1.807) is 12.1 Å². The lowest BCUT2D eigenvalue weighted by Crippen LogP contribution is -2.08. The van der Waals surface area contributed by atoms with Gasteiger partial charge < -0.3 is 10.8 Å². The minimum Gasteiger partial charge on any atom is -0.399 e. The van der Waals surface area contributed by atoms with Gasteiger partial charge >= 0.3 is 0 Å². The largest absolute Gasteiger partial charge is 0.399 e. The molecular formula is C9H13NO3S. The van der Waals surface area contributed by atoms with Gasteiger partial charge in [0.1, 0.15) is 0 Å². The van der Waals surface area contributed by atoms with Crippen molar-refractivity contribution < 1.29 is 13.5 Å². The van der Waals surface area contributed by atoms with Crippen LogP contribution >= 0.6 is 0 Å². The molecule has 0 radical (unpaired) electrons. The maximum atomic E-state index is 11.6. The van der Waals surface area contributed by atoms with Gasteiger partial charge in [-0.2, -0.15) is 0 Å². The van der Waals surface area contributed by atoms with Crippen LogP contribution in [0, 0.1) is 0 Å². The summed E-state index contributed by atoms with van der Waals surface area (Å²) in [6.07, 6.45) is 0.247. The van der Waals surface area contributed by atoms with Crippen molar-refractivity contribution in [2.45, 2.75) is 11.3 Å². The Bertz CT molecular complexity index is 400. The molecule has 1 aromatic rings. The normalized spacial score (nSPS) is 11.5. The first-order chi connectivity index (χ1) is 6.56. The van der Waals surface area contributed by atoms with Crippen molar-refractivity contribution in [3.05, 3.63) is 24.3 Å². The van der Waals surface area contributed by atoms with Crippen LogP contribution < -0.4 is 5.73 Å². The van der Waals surface area contributed by atoms with Crippen LogP contribution in [0.1, 0.15) is 6.42 Å². The Hall–Kier alpha value is -1.07. The molecule has 0 aliphatic heterocycles. The number of hydrogen-bond acceptors (Lipinski definition) is 4. The van der Waals surface area contributed by atoms with Gasteiger partial charge in [0.2, 0.25) is 0 Å². The third kappa shape index (κ3) is 2.71. The van der Waals surface area contributed by atoms with Crippen LogP contribution in [0.3, 0.4) is 0 Å². The molecule has 0 atom stereocenters. The molecule has 0 aliphatic carbocycles. The summed E-state index contributed by atoms with van der Waals surface area (Å²) in [6, 6.07) is 6.15. The zero-order valence-corrected chi connectivity index (χ0v) is 8.50. The standard InChI is InChI=1S/C9H13NO3S/c10-8-3-1-4-9(7-8)14(12,13)6-2-5-11/h1,3-4,7,11H,2,5-6,10H2. The Balaban J connectivity index is 2.93. The highest BCUT2D eigenvalue weighted by Gasteiger charge is 2.13. The molecule has 1 aromatic carbocycles. The highest BCUT2D eigenvalue weighted by atomic mass is 32.2. The van der Waals surface area contributed by atoms with Gasteiger partial charge in [0.25, 0.3) is 0 Å². The zero-order valence-electron chi connectivity index (χ0n) is 7.68. The maximum Gasteiger partial charge on any atom is 0.178 e. The topological polar surface area (TPSA) is 80.4 Å². The molecular weight excluding hydrogens is 202 g/mol. The van der Waals surface area contributed by atoms with Crippen LogP contribution in [0.5, 0.6) is 0 Å². The van der Waals surface area contributed by atoms with Crippen LogP contribution in [0.4, 0.5) is 5.69 Å². The first-order valence-corrected chi connectivity index (χ1v) is 5.90. The molecule has 0 unspecified atom stereocenters. The van der Waals surface area contributed by atoms with Gasteiger partial charge in [-0.15, -0.1) is 0 Å². The molecule has 0 saturated carbocycles. The van der Waals surface area contributed by atoms with Crippen LogP contribution in [0.25, 0.3) is 0 Å². The minimum absolute atomic E-state index is 0.0487. The number of aliphatic hydroxyl groups is 1. The predicted molar refractivity (Wildman–Crippen MR) is 54.6 cm³/mol. The van der Waals surface area contributed by atoms with E-state index in [9.17, 15) is 8.42 Å². The third-order valence-electron chi connectivity index (χ3n) is 1.79. The van der Waals surface area contributed by atoms with Crippen molar-refractivity contribution in [1.82, 2.24) is 0 Å². The molecule has 0 aromatic heterocycles. The Morgan fingerprint density at radius 1 is 1.36 bits per heavy atom. The van der Waals surface area contributed by atoms with Crippen molar-refractivity contribution in [3.63, 3.8) is 0 Å². The van der Waals surface area contributed by atoms with Crippen LogP contribution in [-0.4, -0.2) is 25.9 Å². The van der Waals surface area contributed by atoms with E-state index in [0.717, 1.165) is 0 Å². The van der Waals surface area contributed by atoms with E-state index in [4.69, 9.17) is 10.8 Å². The first-order valence-electron chi connectivity index (χ1n) is 4.25. The van der Waals surface area contributed by atoms with E-state index < -0.39 is 9.84 Å². The number of sulfone groups is 1. The average Bonchev–Trinajstić information content (AvgIpc) is 2.15. The molecule has 5 heteroatoms. The predicted octanol–water partition coefficient (Wildman–Crippen LogP) is 0.425. The summed E-state index contributed by atoms with van der Waals surface area (Å²) in [5.41, 5.74) is 5.90. The molecule has 0 amide bonds. The number of nitrogen functional groups attached to an aromatic ring is 1. The number of aliphatic hydroxyl groups excluding tert-OH is 1. The summed E-state index contributed by atoms with van der Waals surface area (Å²) in [5.74, 6) is -0.0487. The monoisotopic (exact) mass is 215 g/mol. The lowest BCUT2D eigenvalue weighted by atomic mass is 10.3. The van der Waals surface area contributed by atoms with Crippen molar-refractivity contribution in [3.8, 4) is 0 Å². The van der Waals surface area contributed by atoms with Gasteiger partial charge in [0, 0.05) is 12.3 Å². The smallest absolute Gasteiger partial charge is 0.178 e. The molecule has 0 saturated heterocycles. The summed E-state index contributed by atoms with van der Waals surface area (Å²) in [4.78, 5) is 0.214. The quantitative estimate of drug-likeness (QED) is 0.713. The van der Waals surface area contributed by atoms with Crippen molar-refractivity contribution >= 4 is 15.5 Å². The summed E-state index contributed by atoms with van der Waals surface area (Å²) in [5, 5.41) is 8.54. The van der Waals surface area contributed by atoms with Gasteiger partial charge in [-0.25, -0.2) is 8.42 Å². The number of benzene rings is 1. The SMILES string of the molecule is Nc1cccc(S(=O)(=O)CCCO)c1. The average molecular weight is 215 g/mol. The van der Waals surface area contributed by atoms with E-state index >= 15 is 0 Å². The highest BCUT2D eigenvalue weighted by molar-refractivity contribution is 7.91. The first kappa shape index (κ1) is 11.0. The number of anilines is 1. The summed E-state index contributed by atoms with van der Waals surface area (Å²) >= 11 is 0. The Morgan fingerprint density at radius 3 is 2.64 bits per heavy atom. The van der Waals surface area contributed by atoms with E-state index in [2.05, 4.69) is 0 Å². The minimum atomic E-state index is -3.28. The second kappa shape index (κ2) is 4.43. The summed E-state index contributed by atoms with van der Waals surface area (Å²) in [7, 11) is -3.28. The Morgan fingerprint density at radius 2 is 2.07 bits per heavy atom. The molecule has 0 fully saturated rings. The molecule has 78 valence electrons. The lowest BCUT2D eigenvalue weighted by Gasteiger charge is -2.03. The molecule has 0 bridgehead atoms. The molecule has 1 rings (SSSR count). The Kier molecular flexibility index (Phi) is 3.49. The zero-order chi connectivity index (χ0) is 10.6. The fraction of sp³-hybridized carbons (Fsp3) is 0.333. The maximum absolute atomic E-state index is 11.6. The van der Waals surface area contributed by atoms with Gasteiger partial charge in [0.15, 0.2) is 9.84 Å². The Labute approximate surface area is 83.3 Å². The number of hydrogen-bond donors (Lipinski definition) is 2. The molecule has 0 heterocycles. The van der Waals surface area contributed by atoms with Crippen molar-refractivity contribution in [2.75, 3.05) is 18.1 Å². The number of rotatable bonds is 4. The molecule has 0 aliphatic rings. The fourth-order valence-electron chi connectivity index (χ4n) is 1.08. The van der Waals surface area contributed by atoms with E-state index in [-0.39, 0.29) is 23.7 Å². The summed E-state index contributed by atoms with van der Waals surface area (Å²) in [6.45, 7) is -0.123. The summed E-state index contributed by atoms with van der Waals surface area (Å²) < 4.78 is 23.2. The second-order valence-corrected chi connectivity index (χ2v) is 5.08. The van der Waals surface area contributed by atoms with Crippen LogP contribution in [0.15, 0.2) is 29.2 Å². The van der Waals surface area contributed by atoms with Crippen LogP contribution in [-0.2, 0) is 9.84 Å². The molecule has 14 heavy (non-hydrogen) atoms.